The average molecular weight is 311 g/mol. The van der Waals surface area contributed by atoms with Gasteiger partial charge in [0, 0.05) is 17.8 Å². The van der Waals surface area contributed by atoms with Crippen LogP contribution in [0.1, 0.15) is 18.1 Å². The third-order valence-electron chi connectivity index (χ3n) is 2.86. The van der Waals surface area contributed by atoms with Crippen LogP contribution in [0, 0.1) is 0 Å². The summed E-state index contributed by atoms with van der Waals surface area (Å²) in [4.78, 5) is 4.24. The van der Waals surface area contributed by atoms with Gasteiger partial charge in [-0.2, -0.15) is 0 Å². The molecule has 0 atom stereocenters. The summed E-state index contributed by atoms with van der Waals surface area (Å²) < 4.78 is 5.72. The molecule has 106 valence electrons. The largest absolute Gasteiger partial charge is 0.438 e. The molecule has 0 saturated carbocycles. The first-order valence-electron chi connectivity index (χ1n) is 6.39. The molecule has 0 radical (unpaired) electrons. The van der Waals surface area contributed by atoms with Crippen molar-refractivity contribution in [2.75, 3.05) is 7.05 Å². The van der Waals surface area contributed by atoms with Gasteiger partial charge in [-0.1, -0.05) is 30.1 Å². The molecule has 0 spiro atoms. The maximum absolute atomic E-state index is 6.18. The van der Waals surface area contributed by atoms with Crippen LogP contribution in [0.25, 0.3) is 0 Å². The van der Waals surface area contributed by atoms with Crippen LogP contribution in [0.5, 0.6) is 11.6 Å². The smallest absolute Gasteiger partial charge is 0.238 e. The molecule has 1 aromatic carbocycles. The summed E-state index contributed by atoms with van der Waals surface area (Å²) in [5.74, 6) is 1.08. The Morgan fingerprint density at radius 3 is 2.65 bits per heavy atom. The Hall–Kier alpha value is -1.29. The Balaban J connectivity index is 2.21. The molecule has 3 nitrogen and oxygen atoms in total. The minimum atomic E-state index is 0.399. The highest BCUT2D eigenvalue weighted by atomic mass is 35.5. The van der Waals surface area contributed by atoms with Gasteiger partial charge < -0.3 is 10.1 Å². The third-order valence-corrected chi connectivity index (χ3v) is 3.50. The van der Waals surface area contributed by atoms with E-state index in [9.17, 15) is 0 Å². The average Bonchev–Trinajstić information content (AvgIpc) is 2.44. The van der Waals surface area contributed by atoms with Crippen LogP contribution < -0.4 is 10.1 Å². The van der Waals surface area contributed by atoms with E-state index in [1.807, 2.05) is 32.2 Å². The maximum atomic E-state index is 6.18. The first-order chi connectivity index (χ1) is 9.63. The van der Waals surface area contributed by atoms with Gasteiger partial charge in [-0.05, 0) is 48.9 Å². The maximum Gasteiger partial charge on any atom is 0.238 e. The second-order valence-corrected chi connectivity index (χ2v) is 5.18. The van der Waals surface area contributed by atoms with Crippen molar-refractivity contribution in [3.05, 3.63) is 51.6 Å². The molecule has 0 aliphatic rings. The Bertz CT molecular complexity index is 602. The van der Waals surface area contributed by atoms with Gasteiger partial charge in [0.15, 0.2) is 0 Å². The Kier molecular flexibility index (Phi) is 5.24. The number of benzene rings is 1. The van der Waals surface area contributed by atoms with E-state index in [0.29, 0.717) is 23.2 Å². The number of nitrogens with zero attached hydrogens (tertiary/aromatic N) is 1. The summed E-state index contributed by atoms with van der Waals surface area (Å²) in [6.07, 6.45) is 2.59. The van der Waals surface area contributed by atoms with Gasteiger partial charge in [-0.25, -0.2) is 4.98 Å². The van der Waals surface area contributed by atoms with Crippen molar-refractivity contribution in [3.63, 3.8) is 0 Å². The SMILES string of the molecule is CCc1cc(Oc2ncc(CNC)cc2Cl)ccc1Cl. The van der Waals surface area contributed by atoms with Crippen molar-refractivity contribution in [1.29, 1.82) is 0 Å². The third kappa shape index (κ3) is 3.63. The summed E-state index contributed by atoms with van der Waals surface area (Å²) in [5.41, 5.74) is 2.04. The first-order valence-corrected chi connectivity index (χ1v) is 7.15. The molecule has 2 rings (SSSR count). The van der Waals surface area contributed by atoms with Gasteiger partial charge in [0.2, 0.25) is 5.88 Å². The van der Waals surface area contributed by atoms with Crippen molar-refractivity contribution in [1.82, 2.24) is 10.3 Å². The number of hydrogen-bond donors (Lipinski definition) is 1. The monoisotopic (exact) mass is 310 g/mol. The fourth-order valence-corrected chi connectivity index (χ4v) is 2.32. The van der Waals surface area contributed by atoms with Crippen molar-refractivity contribution in [2.45, 2.75) is 19.9 Å². The van der Waals surface area contributed by atoms with Crippen LogP contribution in [0.2, 0.25) is 10.0 Å². The second-order valence-electron chi connectivity index (χ2n) is 4.37. The number of rotatable bonds is 5. The Morgan fingerprint density at radius 1 is 1.20 bits per heavy atom. The van der Waals surface area contributed by atoms with E-state index in [-0.39, 0.29) is 0 Å². The quantitative estimate of drug-likeness (QED) is 0.885. The number of aryl methyl sites for hydroxylation is 1. The van der Waals surface area contributed by atoms with E-state index < -0.39 is 0 Å². The summed E-state index contributed by atoms with van der Waals surface area (Å²) in [7, 11) is 1.87. The lowest BCUT2D eigenvalue weighted by Crippen LogP contribution is -2.05. The molecule has 0 unspecified atom stereocenters. The fraction of sp³-hybridized carbons (Fsp3) is 0.267. The lowest BCUT2D eigenvalue weighted by Gasteiger charge is -2.09. The van der Waals surface area contributed by atoms with Crippen molar-refractivity contribution < 1.29 is 4.74 Å². The minimum Gasteiger partial charge on any atom is -0.438 e. The van der Waals surface area contributed by atoms with Crippen LogP contribution >= 0.6 is 23.2 Å². The highest BCUT2D eigenvalue weighted by Gasteiger charge is 2.08. The molecule has 0 amide bonds. The number of pyridine rings is 1. The van der Waals surface area contributed by atoms with Crippen LogP contribution in [0.15, 0.2) is 30.5 Å². The van der Waals surface area contributed by atoms with Gasteiger partial charge in [0.1, 0.15) is 10.8 Å². The number of nitrogens with one attached hydrogen (secondary N) is 1. The molecule has 0 aliphatic carbocycles. The van der Waals surface area contributed by atoms with Gasteiger partial charge in [0.25, 0.3) is 0 Å². The number of aromatic nitrogens is 1. The zero-order chi connectivity index (χ0) is 14.5. The molecule has 20 heavy (non-hydrogen) atoms. The van der Waals surface area contributed by atoms with Crippen LogP contribution in [0.3, 0.4) is 0 Å². The van der Waals surface area contributed by atoms with E-state index in [1.54, 1.807) is 12.3 Å². The molecule has 0 bridgehead atoms. The predicted octanol–water partition coefficient (Wildman–Crippen LogP) is 4.46. The normalized spacial score (nSPS) is 10.6. The predicted molar refractivity (Wildman–Crippen MR) is 82.9 cm³/mol. The fourth-order valence-electron chi connectivity index (χ4n) is 1.84. The van der Waals surface area contributed by atoms with Gasteiger partial charge >= 0.3 is 0 Å². The zero-order valence-corrected chi connectivity index (χ0v) is 12.9. The molecule has 0 fully saturated rings. The molecule has 1 aromatic heterocycles. The van der Waals surface area contributed by atoms with Gasteiger partial charge in [-0.3, -0.25) is 0 Å². The molecule has 0 aliphatic heterocycles. The summed E-state index contributed by atoms with van der Waals surface area (Å²) in [5, 5.41) is 4.28. The molecule has 5 heteroatoms. The van der Waals surface area contributed by atoms with E-state index in [2.05, 4.69) is 10.3 Å². The number of hydrogen-bond acceptors (Lipinski definition) is 3. The zero-order valence-electron chi connectivity index (χ0n) is 11.4. The molecule has 1 heterocycles. The van der Waals surface area contributed by atoms with Crippen LogP contribution in [-0.2, 0) is 13.0 Å². The molecule has 2 aromatic rings. The Morgan fingerprint density at radius 2 is 2.00 bits per heavy atom. The van der Waals surface area contributed by atoms with Crippen LogP contribution in [0.4, 0.5) is 0 Å². The Labute approximate surface area is 128 Å². The lowest BCUT2D eigenvalue weighted by molar-refractivity contribution is 0.462. The second kappa shape index (κ2) is 6.93. The van der Waals surface area contributed by atoms with E-state index in [1.165, 1.54) is 0 Å². The summed E-state index contributed by atoms with van der Waals surface area (Å²) >= 11 is 12.3. The summed E-state index contributed by atoms with van der Waals surface area (Å²) in [6, 6.07) is 7.37. The van der Waals surface area contributed by atoms with Gasteiger partial charge in [-0.15, -0.1) is 0 Å². The number of halogens is 2. The lowest BCUT2D eigenvalue weighted by atomic mass is 10.1. The van der Waals surface area contributed by atoms with Crippen molar-refractivity contribution in [2.24, 2.45) is 0 Å². The highest BCUT2D eigenvalue weighted by Crippen LogP contribution is 2.30. The number of ether oxygens (including phenoxy) is 1. The molecular weight excluding hydrogens is 295 g/mol. The highest BCUT2D eigenvalue weighted by molar-refractivity contribution is 6.32. The van der Waals surface area contributed by atoms with E-state index in [0.717, 1.165) is 22.6 Å². The molecule has 1 N–H and O–H groups in total. The van der Waals surface area contributed by atoms with Crippen LogP contribution in [-0.4, -0.2) is 12.0 Å². The topological polar surface area (TPSA) is 34.1 Å². The first kappa shape index (κ1) is 15.1. The standard InChI is InChI=1S/C15H16Cl2N2O/c1-3-11-7-12(4-5-13(11)16)20-15-14(17)6-10(8-18-2)9-19-15/h4-7,9,18H,3,8H2,1-2H3. The van der Waals surface area contributed by atoms with Gasteiger partial charge in [0.05, 0.1) is 0 Å². The van der Waals surface area contributed by atoms with E-state index >= 15 is 0 Å². The van der Waals surface area contributed by atoms with E-state index in [4.69, 9.17) is 27.9 Å². The summed E-state index contributed by atoms with van der Waals surface area (Å²) in [6.45, 7) is 2.76. The van der Waals surface area contributed by atoms with Crippen molar-refractivity contribution >= 4 is 23.2 Å². The van der Waals surface area contributed by atoms with Crippen molar-refractivity contribution in [3.8, 4) is 11.6 Å². The molecular formula is C15H16Cl2N2O. The minimum absolute atomic E-state index is 0.399. The molecule has 0 saturated heterocycles.